The van der Waals surface area contributed by atoms with Crippen molar-refractivity contribution in [1.82, 2.24) is 4.98 Å². The van der Waals surface area contributed by atoms with Crippen LogP contribution in [-0.2, 0) is 9.59 Å². The molecule has 0 radical (unpaired) electrons. The van der Waals surface area contributed by atoms with Gasteiger partial charge >= 0.3 is 0 Å². The van der Waals surface area contributed by atoms with E-state index in [2.05, 4.69) is 4.98 Å². The highest BCUT2D eigenvalue weighted by molar-refractivity contribution is 7.22. The van der Waals surface area contributed by atoms with Crippen molar-refractivity contribution < 1.29 is 23.1 Å². The molecule has 1 aliphatic rings. The van der Waals surface area contributed by atoms with Crippen LogP contribution in [0.3, 0.4) is 0 Å². The molecule has 1 aliphatic carbocycles. The van der Waals surface area contributed by atoms with Gasteiger partial charge in [0.05, 0.1) is 15.9 Å². The van der Waals surface area contributed by atoms with Crippen LogP contribution >= 0.6 is 11.3 Å². The number of amides is 2. The van der Waals surface area contributed by atoms with Gasteiger partial charge in [-0.2, -0.15) is 0 Å². The molecule has 0 unspecified atom stereocenters. The first-order valence-electron chi connectivity index (χ1n) is 12.2. The third-order valence-corrected chi connectivity index (χ3v) is 7.93. The Kier molecular flexibility index (Phi) is 6.07. The number of carbonyl (C=O) groups excluding carboxylic acids is 2. The van der Waals surface area contributed by atoms with Crippen molar-refractivity contribution in [2.75, 3.05) is 4.90 Å². The summed E-state index contributed by atoms with van der Waals surface area (Å²) in [5.41, 5.74) is 6.37. The summed E-state index contributed by atoms with van der Waals surface area (Å²) >= 11 is 1.49. The van der Waals surface area contributed by atoms with Crippen LogP contribution < -0.4 is 15.4 Å². The number of aromatic nitrogens is 1. The largest absolute Gasteiger partial charge is 0.453 e. The maximum atomic E-state index is 15.5. The quantitative estimate of drug-likeness (QED) is 0.226. The summed E-state index contributed by atoms with van der Waals surface area (Å²) in [6.07, 6.45) is 2.19. The Labute approximate surface area is 226 Å². The van der Waals surface area contributed by atoms with E-state index in [1.54, 1.807) is 12.3 Å². The molecule has 194 valence electrons. The number of anilines is 2. The molecule has 9 heteroatoms. The molecular weight excluding hydrogens is 520 g/mol. The van der Waals surface area contributed by atoms with Gasteiger partial charge in [0.2, 0.25) is 11.8 Å². The lowest BCUT2D eigenvalue weighted by atomic mass is 10.0. The van der Waals surface area contributed by atoms with Crippen LogP contribution in [0.2, 0.25) is 0 Å². The number of hydrogen-bond acceptors (Lipinski definition) is 5. The van der Waals surface area contributed by atoms with Crippen molar-refractivity contribution in [3.05, 3.63) is 103 Å². The zero-order valence-electron chi connectivity index (χ0n) is 20.4. The Hall–Kier alpha value is -4.63. The number of primary amides is 1. The summed E-state index contributed by atoms with van der Waals surface area (Å²) in [6.45, 7) is 0. The highest BCUT2D eigenvalue weighted by atomic mass is 32.1. The van der Waals surface area contributed by atoms with Gasteiger partial charge in [0.25, 0.3) is 0 Å². The number of nitrogens with two attached hydrogens (primary N) is 1. The smallest absolute Gasteiger partial charge is 0.247 e. The third-order valence-electron chi connectivity index (χ3n) is 6.75. The molecule has 2 aromatic heterocycles. The Bertz CT molecular complexity index is 1720. The lowest BCUT2D eigenvalue weighted by molar-refractivity contribution is -0.133. The van der Waals surface area contributed by atoms with Gasteiger partial charge < -0.3 is 10.5 Å². The maximum Gasteiger partial charge on any atom is 0.247 e. The van der Waals surface area contributed by atoms with E-state index in [0.717, 1.165) is 26.7 Å². The molecule has 0 saturated heterocycles. The number of fused-ring (bicyclic) bond motifs is 1. The Morgan fingerprint density at radius 3 is 2.28 bits per heavy atom. The summed E-state index contributed by atoms with van der Waals surface area (Å²) in [5, 5.41) is 0. The van der Waals surface area contributed by atoms with Crippen molar-refractivity contribution in [2.24, 2.45) is 11.1 Å². The molecule has 39 heavy (non-hydrogen) atoms. The van der Waals surface area contributed by atoms with Gasteiger partial charge in [-0.05, 0) is 60.9 Å². The first-order valence-corrected chi connectivity index (χ1v) is 13.0. The second kappa shape index (κ2) is 9.59. The third kappa shape index (κ3) is 4.51. The molecule has 1 fully saturated rings. The highest BCUT2D eigenvalue weighted by Crippen LogP contribution is 2.49. The highest BCUT2D eigenvalue weighted by Gasteiger charge is 2.57. The predicted octanol–water partition coefficient (Wildman–Crippen LogP) is 6.96. The zero-order valence-corrected chi connectivity index (χ0v) is 21.3. The van der Waals surface area contributed by atoms with Crippen LogP contribution in [0.1, 0.15) is 12.8 Å². The summed E-state index contributed by atoms with van der Waals surface area (Å²) < 4.78 is 35.8. The number of pyridine rings is 1. The summed E-state index contributed by atoms with van der Waals surface area (Å²) in [7, 11) is 0. The molecular formula is C30H21F2N3O3S. The lowest BCUT2D eigenvalue weighted by Gasteiger charge is -2.26. The van der Waals surface area contributed by atoms with Crippen LogP contribution in [0.25, 0.3) is 20.7 Å². The Balaban J connectivity index is 1.35. The van der Waals surface area contributed by atoms with Crippen molar-refractivity contribution in [2.45, 2.75) is 12.8 Å². The van der Waals surface area contributed by atoms with Crippen LogP contribution in [-0.4, -0.2) is 16.8 Å². The van der Waals surface area contributed by atoms with Crippen LogP contribution in [0, 0.1) is 17.0 Å². The SMILES string of the molecule is NC(=O)C1(C(=O)N(c2ccc(F)cc2)c2ccc(Oc3ccnc4cc(-c5ccccc5)sc34)c(F)c2)CC1. The standard InChI is InChI=1S/C30H21F2N3O3S/c31-19-6-8-20(9-7-19)35(29(37)30(13-14-30)28(33)36)21-10-11-24(22(32)16-21)38-25-12-15-34-23-17-26(39-27(23)25)18-4-2-1-3-5-18/h1-12,15-17H,13-14H2,(H2,33,36). The molecule has 0 aliphatic heterocycles. The van der Waals surface area contributed by atoms with E-state index in [0.29, 0.717) is 18.6 Å². The molecule has 0 atom stereocenters. The summed E-state index contributed by atoms with van der Waals surface area (Å²) in [4.78, 5) is 32.2. The van der Waals surface area contributed by atoms with Gasteiger partial charge in [-0.15, -0.1) is 11.3 Å². The van der Waals surface area contributed by atoms with Gasteiger partial charge in [-0.25, -0.2) is 8.78 Å². The number of hydrogen-bond donors (Lipinski definition) is 1. The first kappa shape index (κ1) is 24.7. The molecule has 3 aromatic carbocycles. The molecule has 0 bridgehead atoms. The topological polar surface area (TPSA) is 85.5 Å². The van der Waals surface area contributed by atoms with E-state index in [4.69, 9.17) is 10.5 Å². The Morgan fingerprint density at radius 1 is 0.897 bits per heavy atom. The maximum absolute atomic E-state index is 15.5. The molecule has 5 aromatic rings. The number of halogens is 2. The molecule has 6 rings (SSSR count). The molecule has 0 spiro atoms. The van der Waals surface area contributed by atoms with E-state index in [1.807, 2.05) is 36.4 Å². The summed E-state index contributed by atoms with van der Waals surface area (Å²) in [5.74, 6) is -2.16. The average Bonchev–Trinajstić information content (AvgIpc) is 3.65. The van der Waals surface area contributed by atoms with E-state index in [1.165, 1.54) is 52.6 Å². The number of ether oxygens (including phenoxy) is 1. The number of carbonyl (C=O) groups is 2. The van der Waals surface area contributed by atoms with Crippen LogP contribution in [0.4, 0.5) is 20.2 Å². The molecule has 1 saturated carbocycles. The average molecular weight is 542 g/mol. The van der Waals surface area contributed by atoms with E-state index in [9.17, 15) is 14.0 Å². The van der Waals surface area contributed by atoms with Crippen molar-refractivity contribution in [1.29, 1.82) is 0 Å². The molecule has 2 N–H and O–H groups in total. The fraction of sp³-hybridized carbons (Fsp3) is 0.100. The van der Waals surface area contributed by atoms with Crippen LogP contribution in [0.15, 0.2) is 91.1 Å². The van der Waals surface area contributed by atoms with Gasteiger partial charge in [-0.1, -0.05) is 30.3 Å². The van der Waals surface area contributed by atoms with Crippen molar-refractivity contribution in [3.63, 3.8) is 0 Å². The van der Waals surface area contributed by atoms with E-state index >= 15 is 4.39 Å². The number of thiophene rings is 1. The lowest BCUT2D eigenvalue weighted by Crippen LogP contribution is -2.41. The van der Waals surface area contributed by atoms with Gasteiger partial charge in [0, 0.05) is 28.9 Å². The minimum absolute atomic E-state index is 0.0524. The monoisotopic (exact) mass is 541 g/mol. The fourth-order valence-electron chi connectivity index (χ4n) is 4.45. The normalized spacial score (nSPS) is 13.7. The molecule has 2 heterocycles. The minimum Gasteiger partial charge on any atom is -0.453 e. The molecule has 2 amide bonds. The van der Waals surface area contributed by atoms with E-state index in [-0.39, 0.29) is 17.1 Å². The predicted molar refractivity (Wildman–Crippen MR) is 146 cm³/mol. The number of benzene rings is 3. The van der Waals surface area contributed by atoms with E-state index < -0.39 is 28.9 Å². The Morgan fingerprint density at radius 2 is 1.62 bits per heavy atom. The number of rotatable bonds is 7. The summed E-state index contributed by atoms with van der Waals surface area (Å²) in [6, 6.07) is 22.7. The number of nitrogens with zero attached hydrogens (tertiary/aromatic N) is 2. The second-order valence-electron chi connectivity index (χ2n) is 9.28. The fourth-order valence-corrected chi connectivity index (χ4v) is 5.52. The van der Waals surface area contributed by atoms with Crippen molar-refractivity contribution in [3.8, 4) is 21.9 Å². The zero-order chi connectivity index (χ0) is 27.1. The van der Waals surface area contributed by atoms with Gasteiger partial charge in [0.15, 0.2) is 11.6 Å². The van der Waals surface area contributed by atoms with Crippen molar-refractivity contribution >= 4 is 44.7 Å². The minimum atomic E-state index is -1.36. The molecule has 6 nitrogen and oxygen atoms in total. The van der Waals surface area contributed by atoms with Crippen LogP contribution in [0.5, 0.6) is 11.5 Å². The first-order chi connectivity index (χ1) is 18.9. The second-order valence-corrected chi connectivity index (χ2v) is 10.3. The van der Waals surface area contributed by atoms with Gasteiger partial charge in [-0.3, -0.25) is 19.5 Å². The van der Waals surface area contributed by atoms with Gasteiger partial charge in [0.1, 0.15) is 17.0 Å².